The molecule has 2 rings (SSSR count). The monoisotopic (exact) mass is 281 g/mol. The van der Waals surface area contributed by atoms with Gasteiger partial charge in [-0.2, -0.15) is 0 Å². The predicted octanol–water partition coefficient (Wildman–Crippen LogP) is 2.02. The first-order valence-electron chi connectivity index (χ1n) is 6.36. The molecule has 1 heterocycles. The average molecular weight is 281 g/mol. The van der Waals surface area contributed by atoms with Gasteiger partial charge in [-0.15, -0.1) is 0 Å². The highest BCUT2D eigenvalue weighted by molar-refractivity contribution is 7.80. The predicted molar refractivity (Wildman–Crippen MR) is 77.5 cm³/mol. The second-order valence-electron chi connectivity index (χ2n) is 4.55. The molecule has 0 radical (unpaired) electrons. The van der Waals surface area contributed by atoms with Gasteiger partial charge in [-0.05, 0) is 30.5 Å². The van der Waals surface area contributed by atoms with Crippen LogP contribution in [0.4, 0.5) is 0 Å². The van der Waals surface area contributed by atoms with E-state index in [1.165, 1.54) is 0 Å². The van der Waals surface area contributed by atoms with Crippen LogP contribution >= 0.6 is 12.2 Å². The van der Waals surface area contributed by atoms with Crippen LogP contribution in [0.5, 0.6) is 5.75 Å². The van der Waals surface area contributed by atoms with E-state index in [-0.39, 0.29) is 6.10 Å². The fourth-order valence-electron chi connectivity index (χ4n) is 2.12. The van der Waals surface area contributed by atoms with Crippen LogP contribution in [-0.4, -0.2) is 31.4 Å². The molecule has 0 spiro atoms. The van der Waals surface area contributed by atoms with Crippen LogP contribution < -0.4 is 10.5 Å². The summed E-state index contributed by atoms with van der Waals surface area (Å²) in [7, 11) is 1.60. The fourth-order valence-corrected chi connectivity index (χ4v) is 2.28. The summed E-state index contributed by atoms with van der Waals surface area (Å²) in [5.41, 5.74) is 7.45. The Morgan fingerprint density at radius 3 is 3.00 bits per heavy atom. The van der Waals surface area contributed by atoms with Gasteiger partial charge in [-0.25, -0.2) is 0 Å². The Morgan fingerprint density at radius 2 is 2.37 bits per heavy atom. The van der Waals surface area contributed by atoms with Gasteiger partial charge in [0.15, 0.2) is 0 Å². The molecule has 1 aromatic carbocycles. The van der Waals surface area contributed by atoms with Crippen LogP contribution in [0, 0.1) is 0 Å². The Labute approximate surface area is 118 Å². The van der Waals surface area contributed by atoms with Crippen molar-refractivity contribution in [2.75, 3.05) is 20.3 Å². The molecule has 4 nitrogen and oxygen atoms in total. The van der Waals surface area contributed by atoms with Crippen LogP contribution in [0.15, 0.2) is 18.2 Å². The van der Waals surface area contributed by atoms with Crippen LogP contribution in [-0.2, 0) is 16.1 Å². The largest absolute Gasteiger partial charge is 0.496 e. The Hall–Kier alpha value is -1.17. The van der Waals surface area contributed by atoms with Crippen molar-refractivity contribution in [2.24, 2.45) is 5.73 Å². The maximum absolute atomic E-state index is 5.68. The third kappa shape index (κ3) is 3.89. The first kappa shape index (κ1) is 14.2. The summed E-state index contributed by atoms with van der Waals surface area (Å²) in [4.78, 5) is 0.331. The summed E-state index contributed by atoms with van der Waals surface area (Å²) in [5, 5.41) is 0. The van der Waals surface area contributed by atoms with Crippen molar-refractivity contribution in [1.82, 2.24) is 0 Å². The SMILES string of the molecule is COc1ccc(COCC2CCCO2)cc1C(N)=S. The Balaban J connectivity index is 1.92. The van der Waals surface area contributed by atoms with Crippen molar-refractivity contribution in [3.63, 3.8) is 0 Å². The number of rotatable bonds is 6. The normalized spacial score (nSPS) is 18.5. The minimum Gasteiger partial charge on any atom is -0.496 e. The lowest BCUT2D eigenvalue weighted by Crippen LogP contribution is -2.14. The lowest BCUT2D eigenvalue weighted by molar-refractivity contribution is 0.0106. The van der Waals surface area contributed by atoms with Gasteiger partial charge < -0.3 is 19.9 Å². The summed E-state index contributed by atoms with van der Waals surface area (Å²) in [6.07, 6.45) is 2.46. The standard InChI is InChI=1S/C14H19NO3S/c1-16-13-5-4-10(7-12(13)14(15)19)8-17-9-11-3-2-6-18-11/h4-5,7,11H,2-3,6,8-9H2,1H3,(H2,15,19). The van der Waals surface area contributed by atoms with Crippen molar-refractivity contribution < 1.29 is 14.2 Å². The summed E-state index contributed by atoms with van der Waals surface area (Å²) in [6, 6.07) is 5.73. The van der Waals surface area contributed by atoms with E-state index in [4.69, 9.17) is 32.2 Å². The third-order valence-electron chi connectivity index (χ3n) is 3.13. The number of hydrogen-bond donors (Lipinski definition) is 1. The lowest BCUT2D eigenvalue weighted by Gasteiger charge is -2.12. The summed E-state index contributed by atoms with van der Waals surface area (Å²) >= 11 is 5.01. The second kappa shape index (κ2) is 6.84. The van der Waals surface area contributed by atoms with Gasteiger partial charge in [0.25, 0.3) is 0 Å². The number of benzene rings is 1. The van der Waals surface area contributed by atoms with E-state index in [1.54, 1.807) is 7.11 Å². The molecule has 104 valence electrons. The highest BCUT2D eigenvalue weighted by Gasteiger charge is 2.15. The zero-order chi connectivity index (χ0) is 13.7. The van der Waals surface area contributed by atoms with Crippen LogP contribution in [0.3, 0.4) is 0 Å². The molecule has 0 saturated carbocycles. The van der Waals surface area contributed by atoms with E-state index < -0.39 is 0 Å². The molecule has 1 aliphatic rings. The summed E-state index contributed by atoms with van der Waals surface area (Å²) < 4.78 is 16.4. The quantitative estimate of drug-likeness (QED) is 0.809. The molecule has 1 atom stereocenters. The number of hydrogen-bond acceptors (Lipinski definition) is 4. The van der Waals surface area contributed by atoms with Crippen molar-refractivity contribution in [2.45, 2.75) is 25.6 Å². The number of thiocarbonyl (C=S) groups is 1. The molecular formula is C14H19NO3S. The Kier molecular flexibility index (Phi) is 5.13. The van der Waals surface area contributed by atoms with Crippen molar-refractivity contribution >= 4 is 17.2 Å². The highest BCUT2D eigenvalue weighted by atomic mass is 32.1. The number of nitrogens with two attached hydrogens (primary N) is 1. The molecule has 1 aromatic rings. The average Bonchev–Trinajstić information content (AvgIpc) is 2.91. The van der Waals surface area contributed by atoms with Gasteiger partial charge in [0, 0.05) is 6.61 Å². The molecule has 1 aliphatic heterocycles. The van der Waals surface area contributed by atoms with Crippen LogP contribution in [0.1, 0.15) is 24.0 Å². The van der Waals surface area contributed by atoms with E-state index >= 15 is 0 Å². The molecule has 19 heavy (non-hydrogen) atoms. The molecule has 1 saturated heterocycles. The molecule has 5 heteroatoms. The number of methoxy groups -OCH3 is 1. The van der Waals surface area contributed by atoms with E-state index in [2.05, 4.69) is 0 Å². The molecular weight excluding hydrogens is 262 g/mol. The minimum atomic E-state index is 0.244. The van der Waals surface area contributed by atoms with Gasteiger partial charge in [-0.3, -0.25) is 0 Å². The molecule has 2 N–H and O–H groups in total. The van der Waals surface area contributed by atoms with Crippen molar-refractivity contribution in [3.8, 4) is 5.75 Å². The highest BCUT2D eigenvalue weighted by Crippen LogP contribution is 2.20. The zero-order valence-corrected chi connectivity index (χ0v) is 11.9. The molecule has 0 bridgehead atoms. The van der Waals surface area contributed by atoms with E-state index in [0.29, 0.717) is 24.0 Å². The second-order valence-corrected chi connectivity index (χ2v) is 4.99. The minimum absolute atomic E-state index is 0.244. The Bertz CT molecular complexity index is 444. The van der Waals surface area contributed by atoms with Gasteiger partial charge in [0.2, 0.25) is 0 Å². The lowest BCUT2D eigenvalue weighted by atomic mass is 10.1. The smallest absolute Gasteiger partial charge is 0.129 e. The van der Waals surface area contributed by atoms with Gasteiger partial charge in [-0.1, -0.05) is 18.3 Å². The van der Waals surface area contributed by atoms with E-state index in [9.17, 15) is 0 Å². The van der Waals surface area contributed by atoms with Crippen molar-refractivity contribution in [3.05, 3.63) is 29.3 Å². The maximum Gasteiger partial charge on any atom is 0.129 e. The third-order valence-corrected chi connectivity index (χ3v) is 3.35. The first-order valence-corrected chi connectivity index (χ1v) is 6.77. The van der Waals surface area contributed by atoms with E-state index in [1.807, 2.05) is 18.2 Å². The molecule has 0 amide bonds. The van der Waals surface area contributed by atoms with Crippen molar-refractivity contribution in [1.29, 1.82) is 0 Å². The van der Waals surface area contributed by atoms with Gasteiger partial charge in [0.05, 0.1) is 32.0 Å². The van der Waals surface area contributed by atoms with Gasteiger partial charge in [0.1, 0.15) is 10.7 Å². The van der Waals surface area contributed by atoms with Gasteiger partial charge >= 0.3 is 0 Å². The topological polar surface area (TPSA) is 53.7 Å². The summed E-state index contributed by atoms with van der Waals surface area (Å²) in [6.45, 7) is 2.01. The molecule has 1 unspecified atom stereocenters. The Morgan fingerprint density at radius 1 is 1.53 bits per heavy atom. The summed E-state index contributed by atoms with van der Waals surface area (Å²) in [5.74, 6) is 0.690. The first-order chi connectivity index (χ1) is 9.20. The molecule has 0 aromatic heterocycles. The molecule has 0 aliphatic carbocycles. The number of ether oxygens (including phenoxy) is 3. The van der Waals surface area contributed by atoms with E-state index in [0.717, 1.165) is 30.6 Å². The van der Waals surface area contributed by atoms with Crippen LogP contribution in [0.2, 0.25) is 0 Å². The maximum atomic E-state index is 5.68. The van der Waals surface area contributed by atoms with Crippen LogP contribution in [0.25, 0.3) is 0 Å². The molecule has 1 fully saturated rings. The fraction of sp³-hybridized carbons (Fsp3) is 0.500. The zero-order valence-electron chi connectivity index (χ0n) is 11.1.